The number of pyridine rings is 1. The number of aromatic amines is 1. The topological polar surface area (TPSA) is 60.0 Å². The number of rotatable bonds is 3. The average molecular weight is 290 g/mol. The number of nitrogens with one attached hydrogen (secondary N) is 1. The maximum Gasteiger partial charge on any atom is 0.215 e. The fourth-order valence-electron chi connectivity index (χ4n) is 1.98. The van der Waals surface area contributed by atoms with E-state index in [0.29, 0.717) is 28.1 Å². The molecular weight excluding hydrogens is 278 g/mol. The minimum Gasteiger partial charge on any atom is -0.496 e. The lowest BCUT2D eigenvalue weighted by Gasteiger charge is -2.05. The van der Waals surface area contributed by atoms with Crippen molar-refractivity contribution in [3.63, 3.8) is 0 Å². The first kappa shape index (κ1) is 12.7. The molecule has 0 fully saturated rings. The number of hydrogen-bond donors (Lipinski definition) is 1. The number of methoxy groups -OCH3 is 2. The van der Waals surface area contributed by atoms with Gasteiger partial charge in [-0.25, -0.2) is 4.98 Å². The number of benzene rings is 1. The Morgan fingerprint density at radius 2 is 1.90 bits per heavy atom. The lowest BCUT2D eigenvalue weighted by atomic mass is 10.2. The molecule has 0 saturated heterocycles. The predicted molar refractivity (Wildman–Crippen MR) is 77.4 cm³/mol. The SMILES string of the molecule is COc1ccc2[nH]c(-c3cc(Cl)ccc3OC)nc2n1. The zero-order valence-corrected chi connectivity index (χ0v) is 11.7. The van der Waals surface area contributed by atoms with Crippen LogP contribution in [0.3, 0.4) is 0 Å². The Morgan fingerprint density at radius 1 is 1.05 bits per heavy atom. The number of hydrogen-bond acceptors (Lipinski definition) is 4. The fourth-order valence-corrected chi connectivity index (χ4v) is 2.15. The standard InChI is InChI=1S/C14H12ClN3O2/c1-19-11-5-3-8(15)7-9(11)13-16-10-4-6-12(20-2)17-14(10)18-13/h3-7H,1-2H3,(H,16,17,18). The Kier molecular flexibility index (Phi) is 3.20. The van der Waals surface area contributed by atoms with Crippen molar-refractivity contribution in [2.24, 2.45) is 0 Å². The molecule has 0 atom stereocenters. The summed E-state index contributed by atoms with van der Waals surface area (Å²) in [5, 5.41) is 0.617. The highest BCUT2D eigenvalue weighted by Gasteiger charge is 2.12. The molecule has 0 unspecified atom stereocenters. The summed E-state index contributed by atoms with van der Waals surface area (Å²) in [6.07, 6.45) is 0. The second-order valence-corrected chi connectivity index (χ2v) is 4.59. The molecular formula is C14H12ClN3O2. The van der Waals surface area contributed by atoms with Crippen LogP contribution in [0, 0.1) is 0 Å². The van der Waals surface area contributed by atoms with Crippen molar-refractivity contribution in [3.05, 3.63) is 35.4 Å². The van der Waals surface area contributed by atoms with Gasteiger partial charge in [0, 0.05) is 11.1 Å². The smallest absolute Gasteiger partial charge is 0.215 e. The minimum absolute atomic E-state index is 0.522. The summed E-state index contributed by atoms with van der Waals surface area (Å²) in [6.45, 7) is 0. The van der Waals surface area contributed by atoms with E-state index in [1.54, 1.807) is 38.5 Å². The molecule has 0 aliphatic carbocycles. The summed E-state index contributed by atoms with van der Waals surface area (Å²) in [4.78, 5) is 11.9. The highest BCUT2D eigenvalue weighted by Crippen LogP contribution is 2.31. The molecule has 2 aromatic heterocycles. The van der Waals surface area contributed by atoms with Gasteiger partial charge in [0.05, 0.1) is 25.3 Å². The maximum atomic E-state index is 6.04. The molecule has 0 saturated carbocycles. The molecule has 102 valence electrons. The number of imidazole rings is 1. The average Bonchev–Trinajstić information content (AvgIpc) is 2.89. The third kappa shape index (κ3) is 2.16. The van der Waals surface area contributed by atoms with E-state index in [-0.39, 0.29) is 0 Å². The summed E-state index contributed by atoms with van der Waals surface area (Å²) in [5.74, 6) is 1.87. The van der Waals surface area contributed by atoms with E-state index in [2.05, 4.69) is 15.0 Å². The molecule has 0 aliphatic rings. The van der Waals surface area contributed by atoms with Gasteiger partial charge in [0.1, 0.15) is 11.6 Å². The molecule has 2 heterocycles. The second kappa shape index (κ2) is 5.02. The lowest BCUT2D eigenvalue weighted by molar-refractivity contribution is 0.399. The van der Waals surface area contributed by atoms with Gasteiger partial charge >= 0.3 is 0 Å². The van der Waals surface area contributed by atoms with E-state index in [9.17, 15) is 0 Å². The number of aromatic nitrogens is 3. The molecule has 3 aromatic rings. The molecule has 1 aromatic carbocycles. The van der Waals surface area contributed by atoms with Crippen LogP contribution in [0.25, 0.3) is 22.6 Å². The molecule has 0 aliphatic heterocycles. The first-order valence-electron chi connectivity index (χ1n) is 5.96. The molecule has 0 radical (unpaired) electrons. The maximum absolute atomic E-state index is 6.04. The van der Waals surface area contributed by atoms with Crippen LogP contribution in [0.1, 0.15) is 0 Å². The number of H-pyrrole nitrogens is 1. The second-order valence-electron chi connectivity index (χ2n) is 4.15. The summed E-state index contributed by atoms with van der Waals surface area (Å²) < 4.78 is 10.4. The molecule has 6 heteroatoms. The molecule has 5 nitrogen and oxygen atoms in total. The van der Waals surface area contributed by atoms with E-state index in [4.69, 9.17) is 21.1 Å². The molecule has 0 spiro atoms. The molecule has 0 bridgehead atoms. The van der Waals surface area contributed by atoms with Crippen LogP contribution in [0.4, 0.5) is 0 Å². The van der Waals surface area contributed by atoms with Crippen molar-refractivity contribution in [1.82, 2.24) is 15.0 Å². The van der Waals surface area contributed by atoms with Gasteiger partial charge in [-0.3, -0.25) is 0 Å². The van der Waals surface area contributed by atoms with Gasteiger partial charge in [-0.05, 0) is 24.3 Å². The van der Waals surface area contributed by atoms with Crippen LogP contribution in [0.5, 0.6) is 11.6 Å². The summed E-state index contributed by atoms with van der Waals surface area (Å²) in [5.41, 5.74) is 2.20. The summed E-state index contributed by atoms with van der Waals surface area (Å²) >= 11 is 6.04. The third-order valence-electron chi connectivity index (χ3n) is 2.95. The van der Waals surface area contributed by atoms with Gasteiger partial charge in [-0.1, -0.05) is 11.6 Å². The minimum atomic E-state index is 0.522. The van der Waals surface area contributed by atoms with Gasteiger partial charge in [-0.15, -0.1) is 0 Å². The fraction of sp³-hybridized carbons (Fsp3) is 0.143. The van der Waals surface area contributed by atoms with E-state index in [0.717, 1.165) is 11.1 Å². The van der Waals surface area contributed by atoms with Gasteiger partial charge in [0.25, 0.3) is 0 Å². The Bertz CT molecular complexity index is 770. The first-order chi connectivity index (χ1) is 9.71. The number of ether oxygens (including phenoxy) is 2. The van der Waals surface area contributed by atoms with E-state index < -0.39 is 0 Å². The van der Waals surface area contributed by atoms with Crippen molar-refractivity contribution in [2.75, 3.05) is 14.2 Å². The number of halogens is 1. The quantitative estimate of drug-likeness (QED) is 0.804. The normalized spacial score (nSPS) is 10.8. The van der Waals surface area contributed by atoms with Gasteiger partial charge < -0.3 is 14.5 Å². The van der Waals surface area contributed by atoms with Crippen LogP contribution >= 0.6 is 11.6 Å². The first-order valence-corrected chi connectivity index (χ1v) is 6.33. The predicted octanol–water partition coefficient (Wildman–Crippen LogP) is 3.30. The van der Waals surface area contributed by atoms with Crippen LogP contribution in [-0.4, -0.2) is 29.2 Å². The zero-order chi connectivity index (χ0) is 14.1. The Balaban J connectivity index is 2.17. The van der Waals surface area contributed by atoms with Crippen molar-refractivity contribution in [1.29, 1.82) is 0 Å². The van der Waals surface area contributed by atoms with Gasteiger partial charge in [0.2, 0.25) is 5.88 Å². The molecule has 20 heavy (non-hydrogen) atoms. The van der Waals surface area contributed by atoms with E-state index in [1.807, 2.05) is 6.07 Å². The van der Waals surface area contributed by atoms with Gasteiger partial charge in [0.15, 0.2) is 5.65 Å². The van der Waals surface area contributed by atoms with E-state index >= 15 is 0 Å². The largest absolute Gasteiger partial charge is 0.496 e. The van der Waals surface area contributed by atoms with Crippen LogP contribution in [-0.2, 0) is 0 Å². The van der Waals surface area contributed by atoms with Gasteiger partial charge in [-0.2, -0.15) is 4.98 Å². The van der Waals surface area contributed by atoms with Crippen LogP contribution in [0.2, 0.25) is 5.02 Å². The van der Waals surface area contributed by atoms with Crippen LogP contribution in [0.15, 0.2) is 30.3 Å². The Hall–Kier alpha value is -2.27. The molecule has 3 rings (SSSR count). The monoisotopic (exact) mass is 289 g/mol. The molecule has 1 N–H and O–H groups in total. The number of fused-ring (bicyclic) bond motifs is 1. The zero-order valence-electron chi connectivity index (χ0n) is 11.0. The Labute approximate surface area is 120 Å². The highest BCUT2D eigenvalue weighted by molar-refractivity contribution is 6.30. The third-order valence-corrected chi connectivity index (χ3v) is 3.18. The van der Waals surface area contributed by atoms with Crippen LogP contribution < -0.4 is 9.47 Å². The summed E-state index contributed by atoms with van der Waals surface area (Å²) in [6, 6.07) is 9.02. The number of nitrogens with zero attached hydrogens (tertiary/aromatic N) is 2. The molecule has 0 amide bonds. The van der Waals surface area contributed by atoms with Crippen molar-refractivity contribution >= 4 is 22.8 Å². The summed E-state index contributed by atoms with van der Waals surface area (Å²) in [7, 11) is 3.18. The van der Waals surface area contributed by atoms with E-state index in [1.165, 1.54) is 0 Å². The van der Waals surface area contributed by atoms with Crippen molar-refractivity contribution in [3.8, 4) is 23.0 Å². The Morgan fingerprint density at radius 3 is 2.65 bits per heavy atom. The lowest BCUT2D eigenvalue weighted by Crippen LogP contribution is -1.89. The van der Waals surface area contributed by atoms with Crippen molar-refractivity contribution in [2.45, 2.75) is 0 Å². The highest BCUT2D eigenvalue weighted by atomic mass is 35.5. The van der Waals surface area contributed by atoms with Crippen molar-refractivity contribution < 1.29 is 9.47 Å².